The quantitative estimate of drug-likeness (QED) is 0.532. The van der Waals surface area contributed by atoms with Gasteiger partial charge < -0.3 is 15.8 Å². The number of nitrogens with two attached hydrogens (primary N) is 1. The molecule has 0 spiro atoms. The number of ether oxygens (including phenoxy) is 1. The van der Waals surface area contributed by atoms with Gasteiger partial charge in [0.05, 0.1) is 17.6 Å². The molecule has 6 heteroatoms. The Morgan fingerprint density at radius 3 is 2.67 bits per heavy atom. The Kier molecular flexibility index (Phi) is 6.52. The highest BCUT2D eigenvalue weighted by atomic mass is 32.1. The van der Waals surface area contributed by atoms with E-state index in [1.807, 2.05) is 6.92 Å². The number of likely N-dealkylation sites (tertiary alicyclic amines) is 1. The van der Waals surface area contributed by atoms with E-state index in [9.17, 15) is 4.79 Å². The molecular formula is C12H23N3O2S. The van der Waals surface area contributed by atoms with Crippen LogP contribution in [-0.4, -0.2) is 55.2 Å². The summed E-state index contributed by atoms with van der Waals surface area (Å²) in [7, 11) is 1.62. The van der Waals surface area contributed by atoms with Gasteiger partial charge in [-0.1, -0.05) is 12.2 Å². The molecule has 1 heterocycles. The van der Waals surface area contributed by atoms with Crippen LogP contribution >= 0.6 is 12.2 Å². The molecule has 0 aromatic heterocycles. The van der Waals surface area contributed by atoms with Crippen molar-refractivity contribution in [2.45, 2.75) is 25.8 Å². The summed E-state index contributed by atoms with van der Waals surface area (Å²) >= 11 is 5.01. The summed E-state index contributed by atoms with van der Waals surface area (Å²) in [5, 5.41) is 2.86. The van der Waals surface area contributed by atoms with Gasteiger partial charge in [0.15, 0.2) is 0 Å². The molecule has 1 fully saturated rings. The third-order valence-electron chi connectivity index (χ3n) is 3.46. The average Bonchev–Trinajstić information content (AvgIpc) is 2.38. The third-order valence-corrected chi connectivity index (χ3v) is 3.80. The number of amides is 1. The Hall–Kier alpha value is -0.720. The van der Waals surface area contributed by atoms with Crippen molar-refractivity contribution < 1.29 is 9.53 Å². The predicted molar refractivity (Wildman–Crippen MR) is 75.4 cm³/mol. The van der Waals surface area contributed by atoms with Crippen LogP contribution in [0.5, 0.6) is 0 Å². The fraction of sp³-hybridized carbons (Fsp3) is 0.833. The van der Waals surface area contributed by atoms with Crippen LogP contribution in [0.1, 0.15) is 19.8 Å². The number of carbonyl (C=O) groups is 1. The van der Waals surface area contributed by atoms with Crippen molar-refractivity contribution in [2.75, 3.05) is 33.4 Å². The number of nitrogens with one attached hydrogen (secondary N) is 1. The number of hydrogen-bond donors (Lipinski definition) is 2. The van der Waals surface area contributed by atoms with Crippen molar-refractivity contribution in [3.05, 3.63) is 0 Å². The van der Waals surface area contributed by atoms with Crippen molar-refractivity contribution >= 4 is 23.1 Å². The molecule has 1 amide bonds. The van der Waals surface area contributed by atoms with Gasteiger partial charge in [-0.15, -0.1) is 0 Å². The number of methoxy groups -OCH3 is 1. The molecule has 1 saturated heterocycles. The maximum Gasteiger partial charge on any atom is 0.237 e. The van der Waals surface area contributed by atoms with Gasteiger partial charge in [0.2, 0.25) is 5.91 Å². The first-order valence-corrected chi connectivity index (χ1v) is 6.77. The zero-order valence-corrected chi connectivity index (χ0v) is 12.0. The van der Waals surface area contributed by atoms with Crippen molar-refractivity contribution in [3.63, 3.8) is 0 Å². The first-order chi connectivity index (χ1) is 8.56. The molecule has 1 atom stereocenters. The van der Waals surface area contributed by atoms with Gasteiger partial charge >= 0.3 is 0 Å². The van der Waals surface area contributed by atoms with E-state index in [2.05, 4.69) is 10.2 Å². The van der Waals surface area contributed by atoms with Crippen LogP contribution in [0.15, 0.2) is 0 Å². The second-order valence-electron chi connectivity index (χ2n) is 4.67. The number of carbonyl (C=O) groups excluding carboxylic acids is 1. The average molecular weight is 273 g/mol. The molecule has 0 radical (unpaired) electrons. The van der Waals surface area contributed by atoms with Gasteiger partial charge in [-0.05, 0) is 32.9 Å². The van der Waals surface area contributed by atoms with E-state index < -0.39 is 0 Å². The molecule has 104 valence electrons. The van der Waals surface area contributed by atoms with Crippen LogP contribution in [0.2, 0.25) is 0 Å². The maximum atomic E-state index is 11.9. The van der Waals surface area contributed by atoms with Crippen LogP contribution in [0.4, 0.5) is 0 Å². The Morgan fingerprint density at radius 1 is 1.56 bits per heavy atom. The van der Waals surface area contributed by atoms with Gasteiger partial charge in [-0.2, -0.15) is 0 Å². The van der Waals surface area contributed by atoms with E-state index >= 15 is 0 Å². The van der Waals surface area contributed by atoms with Crippen LogP contribution in [0.3, 0.4) is 0 Å². The van der Waals surface area contributed by atoms with Gasteiger partial charge in [0, 0.05) is 19.6 Å². The zero-order chi connectivity index (χ0) is 13.5. The van der Waals surface area contributed by atoms with E-state index in [1.165, 1.54) is 0 Å². The molecule has 1 rings (SSSR count). The Morgan fingerprint density at radius 2 is 2.17 bits per heavy atom. The van der Waals surface area contributed by atoms with E-state index in [0.29, 0.717) is 24.1 Å². The van der Waals surface area contributed by atoms with E-state index in [-0.39, 0.29) is 11.9 Å². The van der Waals surface area contributed by atoms with Crippen molar-refractivity contribution in [1.82, 2.24) is 10.2 Å². The fourth-order valence-corrected chi connectivity index (χ4v) is 2.40. The predicted octanol–water partition coefficient (Wildman–Crippen LogP) is 0.136. The monoisotopic (exact) mass is 273 g/mol. The number of nitrogens with zero attached hydrogens (tertiary/aromatic N) is 1. The molecule has 0 bridgehead atoms. The second-order valence-corrected chi connectivity index (χ2v) is 5.14. The van der Waals surface area contributed by atoms with Gasteiger partial charge in [-0.3, -0.25) is 9.69 Å². The molecule has 18 heavy (non-hydrogen) atoms. The molecule has 0 saturated carbocycles. The highest BCUT2D eigenvalue weighted by Crippen LogP contribution is 2.19. The Labute approximate surface area is 114 Å². The number of thiocarbonyl (C=S) groups is 1. The molecule has 1 aliphatic rings. The number of piperidine rings is 1. The normalized spacial score (nSPS) is 19.4. The van der Waals surface area contributed by atoms with Crippen molar-refractivity contribution in [3.8, 4) is 0 Å². The zero-order valence-electron chi connectivity index (χ0n) is 11.1. The maximum absolute atomic E-state index is 11.9. The highest BCUT2D eigenvalue weighted by molar-refractivity contribution is 7.80. The summed E-state index contributed by atoms with van der Waals surface area (Å²) in [5.41, 5.74) is 5.65. The smallest absolute Gasteiger partial charge is 0.237 e. The number of hydrogen-bond acceptors (Lipinski definition) is 4. The van der Waals surface area contributed by atoms with E-state index in [4.69, 9.17) is 22.7 Å². The molecule has 0 aromatic rings. The summed E-state index contributed by atoms with van der Waals surface area (Å²) in [6.07, 6.45) is 1.90. The lowest BCUT2D eigenvalue weighted by atomic mass is 9.96. The second kappa shape index (κ2) is 7.66. The number of rotatable bonds is 6. The van der Waals surface area contributed by atoms with Crippen molar-refractivity contribution in [2.24, 2.45) is 11.7 Å². The van der Waals surface area contributed by atoms with E-state index in [0.717, 1.165) is 25.9 Å². The lowest BCUT2D eigenvalue weighted by Crippen LogP contribution is -2.49. The minimum absolute atomic E-state index is 0.0563. The lowest BCUT2D eigenvalue weighted by Gasteiger charge is -2.34. The Balaban J connectivity index is 2.32. The summed E-state index contributed by atoms with van der Waals surface area (Å²) in [6.45, 7) is 4.79. The van der Waals surface area contributed by atoms with Crippen LogP contribution < -0.4 is 11.1 Å². The van der Waals surface area contributed by atoms with Crippen molar-refractivity contribution in [1.29, 1.82) is 0 Å². The lowest BCUT2D eigenvalue weighted by molar-refractivity contribution is -0.126. The standard InChI is InChI=1S/C12H23N3O2S/c1-9(12(16)14-5-8-17-2)15-6-3-10(4-7-15)11(13)18/h9-10H,3-8H2,1-2H3,(H2,13,18)(H,14,16). The summed E-state index contributed by atoms with van der Waals surface area (Å²) < 4.78 is 4.90. The minimum atomic E-state index is -0.103. The van der Waals surface area contributed by atoms with Crippen LogP contribution in [-0.2, 0) is 9.53 Å². The molecule has 3 N–H and O–H groups in total. The molecule has 1 unspecified atom stereocenters. The largest absolute Gasteiger partial charge is 0.393 e. The van der Waals surface area contributed by atoms with Gasteiger partial charge in [0.1, 0.15) is 0 Å². The Bertz CT molecular complexity index is 291. The summed E-state index contributed by atoms with van der Waals surface area (Å²) in [5.74, 6) is 0.390. The molecule has 5 nitrogen and oxygen atoms in total. The minimum Gasteiger partial charge on any atom is -0.393 e. The highest BCUT2D eigenvalue weighted by Gasteiger charge is 2.27. The molecule has 0 aromatic carbocycles. The SMILES string of the molecule is COCCNC(=O)C(C)N1CCC(C(N)=S)CC1. The third kappa shape index (κ3) is 4.51. The molecule has 1 aliphatic heterocycles. The molecular weight excluding hydrogens is 250 g/mol. The fourth-order valence-electron chi connectivity index (χ4n) is 2.16. The van der Waals surface area contributed by atoms with Crippen LogP contribution in [0, 0.1) is 5.92 Å². The molecule has 0 aliphatic carbocycles. The summed E-state index contributed by atoms with van der Waals surface area (Å²) in [6, 6.07) is -0.103. The topological polar surface area (TPSA) is 67.6 Å². The van der Waals surface area contributed by atoms with Crippen LogP contribution in [0.25, 0.3) is 0 Å². The summed E-state index contributed by atoms with van der Waals surface area (Å²) in [4.78, 5) is 14.7. The van der Waals surface area contributed by atoms with E-state index in [1.54, 1.807) is 7.11 Å². The van der Waals surface area contributed by atoms with Gasteiger partial charge in [-0.25, -0.2) is 0 Å². The first kappa shape index (κ1) is 15.3. The first-order valence-electron chi connectivity index (χ1n) is 6.36. The van der Waals surface area contributed by atoms with Gasteiger partial charge in [0.25, 0.3) is 0 Å².